The molecular formula is C8H7Cl3N2O3S. The average molecular weight is 318 g/mol. The van der Waals surface area contributed by atoms with Crippen LogP contribution in [0.1, 0.15) is 0 Å². The van der Waals surface area contributed by atoms with Gasteiger partial charge in [-0.1, -0.05) is 34.8 Å². The predicted molar refractivity (Wildman–Crippen MR) is 65.9 cm³/mol. The van der Waals surface area contributed by atoms with Crippen molar-refractivity contribution in [3.8, 4) is 0 Å². The molecule has 0 fully saturated rings. The van der Waals surface area contributed by atoms with Crippen molar-refractivity contribution in [2.24, 2.45) is 5.73 Å². The molecule has 17 heavy (non-hydrogen) atoms. The fourth-order valence-electron chi connectivity index (χ4n) is 0.954. The third kappa shape index (κ3) is 3.72. The first-order valence-electron chi connectivity index (χ1n) is 4.16. The van der Waals surface area contributed by atoms with Crippen LogP contribution in [0.15, 0.2) is 17.0 Å². The second kappa shape index (κ2) is 5.41. The summed E-state index contributed by atoms with van der Waals surface area (Å²) in [5, 5.41) is 0.0670. The highest BCUT2D eigenvalue weighted by Gasteiger charge is 2.20. The summed E-state index contributed by atoms with van der Waals surface area (Å²) in [6.07, 6.45) is 0. The lowest BCUT2D eigenvalue weighted by molar-refractivity contribution is -0.116. The highest BCUT2D eigenvalue weighted by atomic mass is 35.5. The van der Waals surface area contributed by atoms with E-state index in [9.17, 15) is 13.2 Å². The Bertz CT molecular complexity index is 559. The molecule has 0 spiro atoms. The summed E-state index contributed by atoms with van der Waals surface area (Å²) in [4.78, 5) is 10.2. The predicted octanol–water partition coefficient (Wildman–Crippen LogP) is 1.41. The maximum absolute atomic E-state index is 11.7. The van der Waals surface area contributed by atoms with Crippen molar-refractivity contribution in [1.82, 2.24) is 4.72 Å². The Hall–Kier alpha value is -0.530. The van der Waals surface area contributed by atoms with Crippen LogP contribution in [0.4, 0.5) is 0 Å². The molecule has 0 saturated carbocycles. The van der Waals surface area contributed by atoms with E-state index in [-0.39, 0.29) is 20.0 Å². The summed E-state index contributed by atoms with van der Waals surface area (Å²) in [5.74, 6) is -0.815. The largest absolute Gasteiger partial charge is 0.369 e. The third-order valence-electron chi connectivity index (χ3n) is 1.70. The smallest absolute Gasteiger partial charge is 0.242 e. The van der Waals surface area contributed by atoms with E-state index in [4.69, 9.17) is 40.5 Å². The highest BCUT2D eigenvalue weighted by Crippen LogP contribution is 2.31. The van der Waals surface area contributed by atoms with Gasteiger partial charge in [-0.3, -0.25) is 4.79 Å². The van der Waals surface area contributed by atoms with Crippen LogP contribution in [-0.4, -0.2) is 20.9 Å². The van der Waals surface area contributed by atoms with Gasteiger partial charge in [-0.2, -0.15) is 0 Å². The zero-order chi connectivity index (χ0) is 13.2. The minimum Gasteiger partial charge on any atom is -0.369 e. The number of hydrogen-bond donors (Lipinski definition) is 2. The Morgan fingerprint density at radius 1 is 1.18 bits per heavy atom. The van der Waals surface area contributed by atoms with Gasteiger partial charge < -0.3 is 5.73 Å². The van der Waals surface area contributed by atoms with Crippen molar-refractivity contribution >= 4 is 50.7 Å². The van der Waals surface area contributed by atoms with E-state index < -0.39 is 22.5 Å². The monoisotopic (exact) mass is 316 g/mol. The van der Waals surface area contributed by atoms with Gasteiger partial charge in [0.15, 0.2) is 0 Å². The van der Waals surface area contributed by atoms with Gasteiger partial charge >= 0.3 is 0 Å². The molecule has 0 aliphatic rings. The lowest BCUT2D eigenvalue weighted by atomic mass is 10.4. The first-order valence-corrected chi connectivity index (χ1v) is 6.78. The van der Waals surface area contributed by atoms with Gasteiger partial charge in [-0.05, 0) is 12.1 Å². The summed E-state index contributed by atoms with van der Waals surface area (Å²) < 4.78 is 25.4. The number of sulfonamides is 1. The molecule has 0 bridgehead atoms. The second-order valence-corrected chi connectivity index (χ2v) is 5.94. The van der Waals surface area contributed by atoms with Gasteiger partial charge in [-0.25, -0.2) is 13.1 Å². The normalized spacial score (nSPS) is 11.5. The molecule has 0 aromatic heterocycles. The molecule has 1 aromatic carbocycles. The number of nitrogens with two attached hydrogens (primary N) is 1. The second-order valence-electron chi connectivity index (χ2n) is 2.99. The number of primary amides is 1. The topological polar surface area (TPSA) is 89.3 Å². The van der Waals surface area contributed by atoms with Crippen LogP contribution in [0.2, 0.25) is 15.1 Å². The van der Waals surface area contributed by atoms with E-state index in [1.807, 2.05) is 4.72 Å². The molecular weight excluding hydrogens is 311 g/mol. The molecule has 0 radical (unpaired) electrons. The molecule has 9 heteroatoms. The van der Waals surface area contributed by atoms with Gasteiger partial charge in [0.1, 0.15) is 4.90 Å². The van der Waals surface area contributed by atoms with Crippen LogP contribution in [-0.2, 0) is 14.8 Å². The quantitative estimate of drug-likeness (QED) is 0.823. The Balaban J connectivity index is 3.15. The molecule has 1 amide bonds. The first kappa shape index (κ1) is 14.5. The van der Waals surface area contributed by atoms with Crippen LogP contribution in [0, 0.1) is 0 Å². The highest BCUT2D eigenvalue weighted by molar-refractivity contribution is 7.89. The minimum atomic E-state index is -3.95. The number of rotatable bonds is 4. The number of benzene rings is 1. The SMILES string of the molecule is NC(=O)CNS(=O)(=O)c1cc(Cl)c(Cl)cc1Cl. The summed E-state index contributed by atoms with van der Waals surface area (Å²) in [6, 6.07) is 2.29. The molecule has 3 N–H and O–H groups in total. The van der Waals surface area contributed by atoms with E-state index in [2.05, 4.69) is 0 Å². The number of nitrogens with one attached hydrogen (secondary N) is 1. The van der Waals surface area contributed by atoms with E-state index in [0.29, 0.717) is 0 Å². The number of carbonyl (C=O) groups is 1. The van der Waals surface area contributed by atoms with Crippen molar-refractivity contribution in [1.29, 1.82) is 0 Å². The number of halogens is 3. The van der Waals surface area contributed by atoms with Gasteiger partial charge in [0.05, 0.1) is 21.6 Å². The Morgan fingerprint density at radius 2 is 1.71 bits per heavy atom. The van der Waals surface area contributed by atoms with Crippen molar-refractivity contribution in [3.05, 3.63) is 27.2 Å². The summed E-state index contributed by atoms with van der Waals surface area (Å²) in [7, 11) is -3.95. The molecule has 0 atom stereocenters. The lowest BCUT2D eigenvalue weighted by Gasteiger charge is -2.08. The van der Waals surface area contributed by atoms with Crippen LogP contribution in [0.3, 0.4) is 0 Å². The van der Waals surface area contributed by atoms with Crippen LogP contribution < -0.4 is 10.5 Å². The molecule has 0 aliphatic carbocycles. The number of carbonyl (C=O) groups excluding carboxylic acids is 1. The van der Waals surface area contributed by atoms with E-state index in [1.165, 1.54) is 6.07 Å². The Labute approximate surface area is 113 Å². The van der Waals surface area contributed by atoms with Crippen molar-refractivity contribution in [2.75, 3.05) is 6.54 Å². The first-order chi connectivity index (χ1) is 7.74. The summed E-state index contributed by atoms with van der Waals surface area (Å²) >= 11 is 17.1. The molecule has 0 heterocycles. The number of amides is 1. The van der Waals surface area contributed by atoms with Gasteiger partial charge in [0, 0.05) is 0 Å². The van der Waals surface area contributed by atoms with Crippen LogP contribution >= 0.6 is 34.8 Å². The van der Waals surface area contributed by atoms with E-state index in [1.54, 1.807) is 0 Å². The molecule has 94 valence electrons. The standard InChI is InChI=1S/C8H7Cl3N2O3S/c9-4-1-6(11)7(2-5(4)10)17(15,16)13-3-8(12)14/h1-2,13H,3H2,(H2,12,14). The fraction of sp³-hybridized carbons (Fsp3) is 0.125. The number of hydrogen-bond acceptors (Lipinski definition) is 3. The zero-order valence-corrected chi connectivity index (χ0v) is 11.3. The van der Waals surface area contributed by atoms with Crippen LogP contribution in [0.25, 0.3) is 0 Å². The fourth-order valence-corrected chi connectivity index (χ4v) is 2.95. The maximum Gasteiger partial charge on any atom is 0.242 e. The van der Waals surface area contributed by atoms with Crippen LogP contribution in [0.5, 0.6) is 0 Å². The van der Waals surface area contributed by atoms with Crippen molar-refractivity contribution < 1.29 is 13.2 Å². The van der Waals surface area contributed by atoms with E-state index in [0.717, 1.165) is 6.07 Å². The Morgan fingerprint density at radius 3 is 2.24 bits per heavy atom. The Kier molecular flexibility index (Phi) is 4.62. The molecule has 5 nitrogen and oxygen atoms in total. The maximum atomic E-state index is 11.7. The molecule has 0 aliphatic heterocycles. The molecule has 0 saturated heterocycles. The molecule has 1 rings (SSSR count). The summed E-state index contributed by atoms with van der Waals surface area (Å²) in [6.45, 7) is -0.529. The minimum absolute atomic E-state index is 0.0375. The van der Waals surface area contributed by atoms with E-state index >= 15 is 0 Å². The van der Waals surface area contributed by atoms with Crippen molar-refractivity contribution in [3.63, 3.8) is 0 Å². The zero-order valence-electron chi connectivity index (χ0n) is 8.21. The molecule has 0 unspecified atom stereocenters. The molecule has 1 aromatic rings. The lowest BCUT2D eigenvalue weighted by Crippen LogP contribution is -2.33. The van der Waals surface area contributed by atoms with Gasteiger partial charge in [0.2, 0.25) is 15.9 Å². The third-order valence-corrected chi connectivity index (χ3v) is 4.29. The summed E-state index contributed by atoms with van der Waals surface area (Å²) in [5.41, 5.74) is 4.82. The van der Waals surface area contributed by atoms with Crippen molar-refractivity contribution in [2.45, 2.75) is 4.90 Å². The average Bonchev–Trinajstić information content (AvgIpc) is 2.20. The van der Waals surface area contributed by atoms with Gasteiger partial charge in [0.25, 0.3) is 0 Å². The van der Waals surface area contributed by atoms with Gasteiger partial charge in [-0.15, -0.1) is 0 Å².